The van der Waals surface area contributed by atoms with Crippen molar-refractivity contribution in [2.24, 2.45) is 7.05 Å². The van der Waals surface area contributed by atoms with E-state index < -0.39 is 0 Å². The highest BCUT2D eigenvalue weighted by atomic mass is 35.5. The third-order valence-electron chi connectivity index (χ3n) is 5.32. The van der Waals surface area contributed by atoms with Crippen molar-refractivity contribution in [3.8, 4) is 23.0 Å². The minimum Gasteiger partial charge on any atom is -0.464 e. The van der Waals surface area contributed by atoms with Gasteiger partial charge in [-0.15, -0.1) is 0 Å². The Morgan fingerprint density at radius 3 is 2.58 bits per heavy atom. The lowest BCUT2D eigenvalue weighted by molar-refractivity contribution is 0.268. The number of ether oxygens (including phenoxy) is 1. The van der Waals surface area contributed by atoms with Crippen molar-refractivity contribution < 1.29 is 9.84 Å². The summed E-state index contributed by atoms with van der Waals surface area (Å²) in [5.41, 5.74) is 3.33. The van der Waals surface area contributed by atoms with Gasteiger partial charge < -0.3 is 14.4 Å². The molecule has 3 aromatic heterocycles. The summed E-state index contributed by atoms with van der Waals surface area (Å²) >= 11 is 6.06. The first-order valence-electron chi connectivity index (χ1n) is 10.2. The van der Waals surface area contributed by atoms with Crippen LogP contribution in [0.25, 0.3) is 39.1 Å². The van der Waals surface area contributed by atoms with Crippen LogP contribution in [0.3, 0.4) is 0 Å². The second-order valence-corrected chi connectivity index (χ2v) is 7.76. The molecule has 5 aromatic rings. The summed E-state index contributed by atoms with van der Waals surface area (Å²) in [4.78, 5) is 31.4. The van der Waals surface area contributed by atoms with Crippen molar-refractivity contribution in [2.75, 3.05) is 6.61 Å². The number of hydrogen-bond acceptors (Lipinski definition) is 7. The highest BCUT2D eigenvalue weighted by molar-refractivity contribution is 6.30. The van der Waals surface area contributed by atoms with Crippen LogP contribution in [-0.4, -0.2) is 40.8 Å². The van der Waals surface area contributed by atoms with Gasteiger partial charge in [0.1, 0.15) is 23.6 Å². The van der Waals surface area contributed by atoms with E-state index in [1.807, 2.05) is 20.0 Å². The van der Waals surface area contributed by atoms with Crippen LogP contribution < -0.4 is 10.3 Å². The Morgan fingerprint density at radius 2 is 1.85 bits per heavy atom. The Kier molecular flexibility index (Phi) is 5.27. The highest BCUT2D eigenvalue weighted by Gasteiger charge is 2.18. The molecular weight excluding hydrogens is 444 g/mol. The molecule has 9 nitrogen and oxygen atoms in total. The number of aromatic nitrogens is 6. The lowest BCUT2D eigenvalue weighted by Crippen LogP contribution is -2.23. The average Bonchev–Trinajstić information content (AvgIpc) is 3.15. The van der Waals surface area contributed by atoms with Crippen LogP contribution in [0.4, 0.5) is 0 Å². The smallest absolute Gasteiger partial charge is 0.318 e. The van der Waals surface area contributed by atoms with Crippen molar-refractivity contribution >= 4 is 33.8 Å². The maximum atomic E-state index is 13.7. The summed E-state index contributed by atoms with van der Waals surface area (Å²) < 4.78 is 8.70. The molecule has 0 spiro atoms. The zero-order valence-corrected chi connectivity index (χ0v) is 18.6. The molecular formula is C23H19ClN6O3. The fourth-order valence-corrected chi connectivity index (χ4v) is 3.84. The lowest BCUT2D eigenvalue weighted by Gasteiger charge is -2.13. The van der Waals surface area contributed by atoms with Gasteiger partial charge in [0.15, 0.2) is 5.65 Å². The molecule has 0 aliphatic heterocycles. The number of nitrogens with zero attached hydrogens (tertiary/aromatic N) is 6. The number of halogens is 1. The normalized spacial score (nSPS) is 11.4. The second-order valence-electron chi connectivity index (χ2n) is 7.32. The molecule has 0 aliphatic carbocycles. The molecule has 0 unspecified atom stereocenters. The fraction of sp³-hybridized carbons (Fsp3) is 0.174. The molecule has 33 heavy (non-hydrogen) atoms. The number of aliphatic hydroxyl groups excluding tert-OH is 1. The minimum atomic E-state index is -0.352. The molecule has 0 bridgehead atoms. The summed E-state index contributed by atoms with van der Waals surface area (Å²) in [5, 5.41) is 10.1. The van der Waals surface area contributed by atoms with Crippen molar-refractivity contribution in [1.82, 2.24) is 29.1 Å². The van der Waals surface area contributed by atoms with E-state index in [4.69, 9.17) is 16.3 Å². The lowest BCUT2D eigenvalue weighted by atomic mass is 10.1. The van der Waals surface area contributed by atoms with E-state index >= 15 is 0 Å². The van der Waals surface area contributed by atoms with Crippen LogP contribution in [0.2, 0.25) is 5.02 Å². The first-order valence-corrected chi connectivity index (χ1v) is 10.6. The van der Waals surface area contributed by atoms with Gasteiger partial charge in [-0.05, 0) is 43.3 Å². The number of aliphatic hydroxyl groups is 1. The number of aryl methyl sites for hydroxylation is 1. The van der Waals surface area contributed by atoms with Crippen LogP contribution in [-0.2, 0) is 13.7 Å². The van der Waals surface area contributed by atoms with Crippen molar-refractivity contribution in [2.45, 2.75) is 13.5 Å². The van der Waals surface area contributed by atoms with Crippen LogP contribution in [0.1, 0.15) is 12.7 Å². The van der Waals surface area contributed by atoms with Crippen LogP contribution in [0.5, 0.6) is 6.01 Å². The van der Waals surface area contributed by atoms with Crippen LogP contribution in [0, 0.1) is 0 Å². The molecule has 10 heteroatoms. The predicted molar refractivity (Wildman–Crippen MR) is 125 cm³/mol. The first kappa shape index (κ1) is 21.0. The Morgan fingerprint density at radius 1 is 1.06 bits per heavy atom. The maximum absolute atomic E-state index is 13.7. The van der Waals surface area contributed by atoms with Gasteiger partial charge in [0, 0.05) is 17.6 Å². The topological polar surface area (TPSA) is 108 Å². The molecule has 2 aromatic carbocycles. The van der Waals surface area contributed by atoms with E-state index in [0.717, 1.165) is 5.52 Å². The van der Waals surface area contributed by atoms with Crippen LogP contribution >= 0.6 is 11.6 Å². The van der Waals surface area contributed by atoms with Gasteiger partial charge in [0.2, 0.25) is 0 Å². The summed E-state index contributed by atoms with van der Waals surface area (Å²) in [5.74, 6) is 0.532. The highest BCUT2D eigenvalue weighted by Crippen LogP contribution is 2.25. The SMILES string of the molecule is CCOc1ncc2nc(-c3ccc4nc(CO)n(C)c4c3)c(=O)n(-c3ccc(Cl)cc3)c2n1. The van der Waals surface area contributed by atoms with Crippen LogP contribution in [0.15, 0.2) is 53.5 Å². The van der Waals surface area contributed by atoms with E-state index in [1.54, 1.807) is 41.0 Å². The largest absolute Gasteiger partial charge is 0.464 e. The molecule has 166 valence electrons. The van der Waals surface area contributed by atoms with Crippen molar-refractivity contribution in [3.63, 3.8) is 0 Å². The molecule has 0 radical (unpaired) electrons. The number of hydrogen-bond donors (Lipinski definition) is 1. The molecule has 0 amide bonds. The van der Waals surface area contributed by atoms with E-state index in [0.29, 0.717) is 45.4 Å². The zero-order chi connectivity index (χ0) is 23.1. The summed E-state index contributed by atoms with van der Waals surface area (Å²) in [6, 6.07) is 12.5. The number of rotatable bonds is 5. The first-order chi connectivity index (χ1) is 16.0. The van der Waals surface area contributed by atoms with Gasteiger partial charge in [-0.25, -0.2) is 15.0 Å². The summed E-state index contributed by atoms with van der Waals surface area (Å²) in [6.45, 7) is 2.04. The fourth-order valence-electron chi connectivity index (χ4n) is 3.71. The molecule has 5 rings (SSSR count). The van der Waals surface area contributed by atoms with Gasteiger partial charge in [-0.1, -0.05) is 17.7 Å². The molecule has 0 saturated heterocycles. The van der Waals surface area contributed by atoms with E-state index in [1.165, 1.54) is 10.8 Å². The molecule has 0 saturated carbocycles. The minimum absolute atomic E-state index is 0.162. The van der Waals surface area contributed by atoms with Gasteiger partial charge in [-0.2, -0.15) is 4.98 Å². The van der Waals surface area contributed by atoms with Gasteiger partial charge >= 0.3 is 6.01 Å². The zero-order valence-electron chi connectivity index (χ0n) is 17.9. The second kappa shape index (κ2) is 8.27. The van der Waals surface area contributed by atoms with E-state index in [9.17, 15) is 9.90 Å². The molecule has 3 heterocycles. The van der Waals surface area contributed by atoms with E-state index in [-0.39, 0.29) is 23.9 Å². The number of imidazole rings is 1. The molecule has 0 aliphatic rings. The predicted octanol–water partition coefficient (Wildman–Crippen LogP) is 3.27. The Hall–Kier alpha value is -3.82. The monoisotopic (exact) mass is 462 g/mol. The maximum Gasteiger partial charge on any atom is 0.318 e. The molecule has 1 N–H and O–H groups in total. The third-order valence-corrected chi connectivity index (χ3v) is 5.58. The Bertz CT molecular complexity index is 1560. The molecule has 0 atom stereocenters. The summed E-state index contributed by atoms with van der Waals surface area (Å²) in [7, 11) is 1.81. The van der Waals surface area contributed by atoms with Crippen molar-refractivity contribution in [1.29, 1.82) is 0 Å². The summed E-state index contributed by atoms with van der Waals surface area (Å²) in [6.07, 6.45) is 1.54. The van der Waals surface area contributed by atoms with Crippen molar-refractivity contribution in [3.05, 3.63) is 69.9 Å². The molecule has 0 fully saturated rings. The standard InChI is InChI=1S/C23H19ClN6O3/c1-3-33-23-25-11-17-21(28-23)30(15-7-5-14(24)6-8-15)22(32)20(27-17)13-4-9-16-18(10-13)29(2)19(12-31)26-16/h4-11,31H,3,12H2,1-2H3. The quantitative estimate of drug-likeness (QED) is 0.427. The number of fused-ring (bicyclic) bond motifs is 2. The Labute approximate surface area is 192 Å². The third kappa shape index (κ3) is 3.61. The number of benzene rings is 2. The average molecular weight is 463 g/mol. The van der Waals surface area contributed by atoms with Gasteiger partial charge in [-0.3, -0.25) is 9.36 Å². The van der Waals surface area contributed by atoms with E-state index in [2.05, 4.69) is 19.9 Å². The van der Waals surface area contributed by atoms with Gasteiger partial charge in [0.05, 0.1) is 29.5 Å². The van der Waals surface area contributed by atoms with Gasteiger partial charge in [0.25, 0.3) is 5.56 Å². The Balaban J connectivity index is 1.80.